The number of aromatic nitrogens is 2. The van der Waals surface area contributed by atoms with Crippen LogP contribution in [0.3, 0.4) is 0 Å². The zero-order valence-electron chi connectivity index (χ0n) is 9.15. The highest BCUT2D eigenvalue weighted by Gasteiger charge is 2.06. The summed E-state index contributed by atoms with van der Waals surface area (Å²) in [5.74, 6) is 0. The van der Waals surface area contributed by atoms with Crippen molar-refractivity contribution in [3.63, 3.8) is 0 Å². The van der Waals surface area contributed by atoms with Crippen molar-refractivity contribution < 1.29 is 0 Å². The van der Waals surface area contributed by atoms with Gasteiger partial charge in [-0.25, -0.2) is 0 Å². The van der Waals surface area contributed by atoms with Crippen LogP contribution < -0.4 is 0 Å². The third-order valence-electron chi connectivity index (χ3n) is 2.73. The van der Waals surface area contributed by atoms with Crippen LogP contribution in [0.15, 0.2) is 42.5 Å². The number of hydrogen-bond donors (Lipinski definition) is 1. The molecule has 0 aliphatic heterocycles. The van der Waals surface area contributed by atoms with E-state index < -0.39 is 0 Å². The van der Waals surface area contributed by atoms with E-state index in [-0.39, 0.29) is 0 Å². The Morgan fingerprint density at radius 1 is 0.944 bits per heavy atom. The topological polar surface area (TPSA) is 20.7 Å². The predicted molar refractivity (Wildman–Crippen MR) is 78.5 cm³/mol. The summed E-state index contributed by atoms with van der Waals surface area (Å²) in [5, 5.41) is 1.38. The minimum atomic E-state index is 0.634. The number of imidazole rings is 1. The standard InChI is InChI=1S/C13H8Cl2N2S/c14-8-1-4-10(5-2-8)17-12-6-3-9(15)7-11(12)16-13(17)18/h1-7H,(H,16,18). The van der Waals surface area contributed by atoms with Gasteiger partial charge >= 0.3 is 0 Å². The van der Waals surface area contributed by atoms with Gasteiger partial charge in [-0.15, -0.1) is 0 Å². The molecule has 0 amide bonds. The van der Waals surface area contributed by atoms with Crippen LogP contribution in [0.5, 0.6) is 0 Å². The van der Waals surface area contributed by atoms with Gasteiger partial charge in [-0.05, 0) is 54.7 Å². The molecule has 5 heteroatoms. The van der Waals surface area contributed by atoms with Crippen LogP contribution >= 0.6 is 35.4 Å². The molecule has 0 saturated carbocycles. The maximum Gasteiger partial charge on any atom is 0.182 e. The molecule has 0 radical (unpaired) electrons. The number of nitrogens with zero attached hydrogens (tertiary/aromatic N) is 1. The number of rotatable bonds is 1. The third-order valence-corrected chi connectivity index (χ3v) is 3.50. The first-order valence-electron chi connectivity index (χ1n) is 5.31. The summed E-state index contributed by atoms with van der Waals surface area (Å²) in [6.07, 6.45) is 0. The smallest absolute Gasteiger partial charge is 0.182 e. The van der Waals surface area contributed by atoms with E-state index in [4.69, 9.17) is 35.4 Å². The molecule has 90 valence electrons. The number of aromatic amines is 1. The number of halogens is 2. The zero-order valence-corrected chi connectivity index (χ0v) is 11.5. The monoisotopic (exact) mass is 294 g/mol. The molecule has 0 bridgehead atoms. The van der Waals surface area contributed by atoms with Gasteiger partial charge in [0.25, 0.3) is 0 Å². The Balaban J connectivity index is 2.32. The molecule has 3 rings (SSSR count). The Morgan fingerprint density at radius 2 is 1.61 bits per heavy atom. The second-order valence-electron chi connectivity index (χ2n) is 3.90. The van der Waals surface area contributed by atoms with Crippen LogP contribution in [0.4, 0.5) is 0 Å². The fourth-order valence-electron chi connectivity index (χ4n) is 1.93. The first-order valence-corrected chi connectivity index (χ1v) is 6.48. The third kappa shape index (κ3) is 1.94. The van der Waals surface area contributed by atoms with E-state index in [1.54, 1.807) is 0 Å². The van der Waals surface area contributed by atoms with Gasteiger partial charge in [0.1, 0.15) is 0 Å². The largest absolute Gasteiger partial charge is 0.330 e. The summed E-state index contributed by atoms with van der Waals surface area (Å²) in [7, 11) is 0. The van der Waals surface area contributed by atoms with Crippen LogP contribution in [0.25, 0.3) is 16.7 Å². The number of fused-ring (bicyclic) bond motifs is 1. The van der Waals surface area contributed by atoms with E-state index in [9.17, 15) is 0 Å². The molecule has 1 aromatic heterocycles. The van der Waals surface area contributed by atoms with Crippen molar-refractivity contribution in [2.24, 2.45) is 0 Å². The molecule has 2 nitrogen and oxygen atoms in total. The molecule has 0 atom stereocenters. The van der Waals surface area contributed by atoms with E-state index in [1.807, 2.05) is 47.0 Å². The van der Waals surface area contributed by atoms with Crippen molar-refractivity contribution in [1.29, 1.82) is 0 Å². The molecule has 0 aliphatic rings. The molecule has 1 N–H and O–H groups in total. The SMILES string of the molecule is S=c1[nH]c2cc(Cl)ccc2n1-c1ccc(Cl)cc1. The van der Waals surface area contributed by atoms with Crippen LogP contribution in [0.1, 0.15) is 0 Å². The molecule has 18 heavy (non-hydrogen) atoms. The fraction of sp³-hybridized carbons (Fsp3) is 0. The minimum absolute atomic E-state index is 0.634. The van der Waals surface area contributed by atoms with Crippen molar-refractivity contribution in [2.45, 2.75) is 0 Å². The highest BCUT2D eigenvalue weighted by atomic mass is 35.5. The van der Waals surface area contributed by atoms with Gasteiger partial charge in [-0.2, -0.15) is 0 Å². The maximum atomic E-state index is 5.97. The Morgan fingerprint density at radius 3 is 2.33 bits per heavy atom. The van der Waals surface area contributed by atoms with Gasteiger partial charge in [-0.1, -0.05) is 23.2 Å². The lowest BCUT2D eigenvalue weighted by molar-refractivity contribution is 1.07. The normalized spacial score (nSPS) is 11.0. The molecular formula is C13H8Cl2N2S. The zero-order chi connectivity index (χ0) is 12.7. The molecular weight excluding hydrogens is 287 g/mol. The summed E-state index contributed by atoms with van der Waals surface area (Å²) in [4.78, 5) is 3.14. The van der Waals surface area contributed by atoms with Crippen molar-refractivity contribution >= 4 is 46.5 Å². The summed E-state index contributed by atoms with van der Waals surface area (Å²) in [6, 6.07) is 13.2. The highest BCUT2D eigenvalue weighted by molar-refractivity contribution is 7.71. The van der Waals surface area contributed by atoms with E-state index in [2.05, 4.69) is 4.98 Å². The number of H-pyrrole nitrogens is 1. The summed E-state index contributed by atoms with van der Waals surface area (Å²) >= 11 is 17.2. The lowest BCUT2D eigenvalue weighted by Crippen LogP contribution is -1.93. The second kappa shape index (κ2) is 4.43. The first kappa shape index (κ1) is 11.8. The second-order valence-corrected chi connectivity index (χ2v) is 5.16. The van der Waals surface area contributed by atoms with Crippen LogP contribution in [0.2, 0.25) is 10.0 Å². The van der Waals surface area contributed by atoms with Gasteiger partial charge in [0.05, 0.1) is 11.0 Å². The van der Waals surface area contributed by atoms with Crippen molar-refractivity contribution in [2.75, 3.05) is 0 Å². The molecule has 2 aromatic carbocycles. The Kier molecular flexibility index (Phi) is 2.90. The minimum Gasteiger partial charge on any atom is -0.330 e. The summed E-state index contributed by atoms with van der Waals surface area (Å²) in [5.41, 5.74) is 2.88. The Labute approximate surface area is 119 Å². The molecule has 0 fully saturated rings. The molecule has 0 unspecified atom stereocenters. The molecule has 3 aromatic rings. The van der Waals surface area contributed by atoms with E-state index in [1.165, 1.54) is 0 Å². The lowest BCUT2D eigenvalue weighted by Gasteiger charge is -2.04. The van der Waals surface area contributed by atoms with E-state index in [0.717, 1.165) is 16.7 Å². The average molecular weight is 295 g/mol. The first-order chi connectivity index (χ1) is 8.65. The van der Waals surface area contributed by atoms with Gasteiger partial charge in [0, 0.05) is 15.7 Å². The van der Waals surface area contributed by atoms with Gasteiger partial charge in [0.2, 0.25) is 0 Å². The number of hydrogen-bond acceptors (Lipinski definition) is 1. The maximum absolute atomic E-state index is 5.97. The Hall–Kier alpha value is -1.29. The molecule has 0 aliphatic carbocycles. The fourth-order valence-corrected chi connectivity index (χ4v) is 2.54. The molecule has 1 heterocycles. The van der Waals surface area contributed by atoms with Gasteiger partial charge in [-0.3, -0.25) is 4.57 Å². The van der Waals surface area contributed by atoms with E-state index in [0.29, 0.717) is 14.8 Å². The van der Waals surface area contributed by atoms with Crippen molar-refractivity contribution in [3.8, 4) is 5.69 Å². The van der Waals surface area contributed by atoms with Gasteiger partial charge in [0.15, 0.2) is 4.77 Å². The predicted octanol–water partition coefficient (Wildman–Crippen LogP) is 4.99. The highest BCUT2D eigenvalue weighted by Crippen LogP contribution is 2.23. The summed E-state index contributed by atoms with van der Waals surface area (Å²) < 4.78 is 2.59. The molecule has 0 spiro atoms. The lowest BCUT2D eigenvalue weighted by atomic mass is 10.3. The van der Waals surface area contributed by atoms with E-state index >= 15 is 0 Å². The number of benzene rings is 2. The quantitative estimate of drug-likeness (QED) is 0.627. The van der Waals surface area contributed by atoms with Crippen LogP contribution in [0, 0.1) is 4.77 Å². The van der Waals surface area contributed by atoms with Crippen LogP contribution in [-0.2, 0) is 0 Å². The van der Waals surface area contributed by atoms with Crippen LogP contribution in [-0.4, -0.2) is 9.55 Å². The molecule has 0 saturated heterocycles. The van der Waals surface area contributed by atoms with Crippen molar-refractivity contribution in [3.05, 3.63) is 57.3 Å². The van der Waals surface area contributed by atoms with Gasteiger partial charge < -0.3 is 4.98 Å². The Bertz CT molecular complexity index is 772. The van der Waals surface area contributed by atoms with Crippen molar-refractivity contribution in [1.82, 2.24) is 9.55 Å². The average Bonchev–Trinajstić information content (AvgIpc) is 2.65. The summed E-state index contributed by atoms with van der Waals surface area (Å²) in [6.45, 7) is 0. The number of nitrogens with one attached hydrogen (secondary N) is 1.